The SMILES string of the molecule is COc1c(C)cc(C)cc1-c1ccnc(CCl)n1. The van der Waals surface area contributed by atoms with Gasteiger partial charge in [0.05, 0.1) is 18.7 Å². The fraction of sp³-hybridized carbons (Fsp3) is 0.286. The number of alkyl halides is 1. The van der Waals surface area contributed by atoms with Crippen molar-refractivity contribution in [2.24, 2.45) is 0 Å². The molecule has 0 unspecified atom stereocenters. The largest absolute Gasteiger partial charge is 0.496 e. The van der Waals surface area contributed by atoms with E-state index in [2.05, 4.69) is 29.0 Å². The van der Waals surface area contributed by atoms with Gasteiger partial charge in [0.25, 0.3) is 0 Å². The maximum Gasteiger partial charge on any atom is 0.143 e. The Balaban J connectivity index is 2.61. The molecule has 0 saturated carbocycles. The van der Waals surface area contributed by atoms with E-state index in [1.54, 1.807) is 13.3 Å². The zero-order valence-electron chi connectivity index (χ0n) is 10.7. The molecule has 4 heteroatoms. The normalized spacial score (nSPS) is 10.4. The van der Waals surface area contributed by atoms with Crippen LogP contribution in [0, 0.1) is 13.8 Å². The van der Waals surface area contributed by atoms with Crippen LogP contribution in [-0.4, -0.2) is 17.1 Å². The number of methoxy groups -OCH3 is 1. The molecule has 0 aliphatic heterocycles. The summed E-state index contributed by atoms with van der Waals surface area (Å²) in [6.07, 6.45) is 1.72. The van der Waals surface area contributed by atoms with Gasteiger partial charge in [-0.3, -0.25) is 0 Å². The van der Waals surface area contributed by atoms with Crippen molar-refractivity contribution in [1.29, 1.82) is 0 Å². The van der Waals surface area contributed by atoms with E-state index in [1.807, 2.05) is 13.0 Å². The molecule has 1 aromatic heterocycles. The summed E-state index contributed by atoms with van der Waals surface area (Å²) in [4.78, 5) is 8.53. The predicted molar refractivity (Wildman–Crippen MR) is 73.1 cm³/mol. The highest BCUT2D eigenvalue weighted by atomic mass is 35.5. The van der Waals surface area contributed by atoms with E-state index >= 15 is 0 Å². The van der Waals surface area contributed by atoms with E-state index in [9.17, 15) is 0 Å². The molecule has 0 aliphatic carbocycles. The lowest BCUT2D eigenvalue weighted by atomic mass is 10.0. The maximum atomic E-state index is 5.77. The van der Waals surface area contributed by atoms with Crippen molar-refractivity contribution >= 4 is 11.6 Å². The Kier molecular flexibility index (Phi) is 3.82. The molecule has 0 atom stereocenters. The molecular weight excluding hydrogens is 248 g/mol. The molecule has 18 heavy (non-hydrogen) atoms. The van der Waals surface area contributed by atoms with Crippen LogP contribution in [0.15, 0.2) is 24.4 Å². The second-order valence-corrected chi connectivity index (χ2v) is 4.42. The van der Waals surface area contributed by atoms with Gasteiger partial charge >= 0.3 is 0 Å². The number of aromatic nitrogens is 2. The van der Waals surface area contributed by atoms with Gasteiger partial charge in [-0.05, 0) is 37.1 Å². The van der Waals surface area contributed by atoms with E-state index in [0.717, 1.165) is 22.6 Å². The first-order valence-corrected chi connectivity index (χ1v) is 6.22. The number of hydrogen-bond donors (Lipinski definition) is 0. The first-order valence-electron chi connectivity index (χ1n) is 5.69. The highest BCUT2D eigenvalue weighted by Crippen LogP contribution is 2.32. The van der Waals surface area contributed by atoms with Crippen LogP contribution >= 0.6 is 11.6 Å². The summed E-state index contributed by atoms with van der Waals surface area (Å²) in [5.41, 5.74) is 4.08. The quantitative estimate of drug-likeness (QED) is 0.794. The minimum Gasteiger partial charge on any atom is -0.496 e. The van der Waals surface area contributed by atoms with Crippen molar-refractivity contribution in [2.45, 2.75) is 19.7 Å². The molecule has 2 aromatic rings. The van der Waals surface area contributed by atoms with Gasteiger partial charge in [0, 0.05) is 11.8 Å². The highest BCUT2D eigenvalue weighted by Gasteiger charge is 2.11. The summed E-state index contributed by atoms with van der Waals surface area (Å²) in [5.74, 6) is 1.77. The van der Waals surface area contributed by atoms with E-state index in [0.29, 0.717) is 11.7 Å². The zero-order chi connectivity index (χ0) is 13.1. The lowest BCUT2D eigenvalue weighted by Gasteiger charge is -2.12. The average Bonchev–Trinajstić information content (AvgIpc) is 2.38. The summed E-state index contributed by atoms with van der Waals surface area (Å²) < 4.78 is 5.47. The van der Waals surface area contributed by atoms with Crippen molar-refractivity contribution in [3.05, 3.63) is 41.3 Å². The van der Waals surface area contributed by atoms with Gasteiger partial charge in [0.15, 0.2) is 0 Å². The Morgan fingerprint density at radius 3 is 2.72 bits per heavy atom. The third kappa shape index (κ3) is 2.46. The molecule has 0 fully saturated rings. The smallest absolute Gasteiger partial charge is 0.143 e. The zero-order valence-corrected chi connectivity index (χ0v) is 11.5. The Bertz CT molecular complexity index is 570. The van der Waals surface area contributed by atoms with Crippen LogP contribution < -0.4 is 4.74 Å². The van der Waals surface area contributed by atoms with E-state index in [-0.39, 0.29) is 0 Å². The topological polar surface area (TPSA) is 35.0 Å². The molecule has 1 aromatic carbocycles. The van der Waals surface area contributed by atoms with Gasteiger partial charge in [0.1, 0.15) is 11.6 Å². The molecule has 0 bridgehead atoms. The summed E-state index contributed by atoms with van der Waals surface area (Å²) >= 11 is 5.77. The van der Waals surface area contributed by atoms with Crippen molar-refractivity contribution in [1.82, 2.24) is 9.97 Å². The van der Waals surface area contributed by atoms with Crippen LogP contribution in [0.4, 0.5) is 0 Å². The molecule has 1 heterocycles. The first-order chi connectivity index (χ1) is 8.65. The van der Waals surface area contributed by atoms with Crippen LogP contribution in [0.5, 0.6) is 5.75 Å². The van der Waals surface area contributed by atoms with E-state index in [1.165, 1.54) is 5.56 Å². The Morgan fingerprint density at radius 2 is 2.06 bits per heavy atom. The molecule has 3 nitrogen and oxygen atoms in total. The molecule has 0 spiro atoms. The Hall–Kier alpha value is -1.61. The van der Waals surface area contributed by atoms with Crippen molar-refractivity contribution in [3.63, 3.8) is 0 Å². The summed E-state index contributed by atoms with van der Waals surface area (Å²) in [5, 5.41) is 0. The highest BCUT2D eigenvalue weighted by molar-refractivity contribution is 6.16. The molecule has 0 radical (unpaired) electrons. The number of benzene rings is 1. The maximum absolute atomic E-state index is 5.77. The summed E-state index contributed by atoms with van der Waals surface area (Å²) in [6.45, 7) is 4.08. The van der Waals surface area contributed by atoms with Crippen LogP contribution in [0.25, 0.3) is 11.3 Å². The molecule has 0 amide bonds. The van der Waals surface area contributed by atoms with Crippen LogP contribution in [0.2, 0.25) is 0 Å². The minimum atomic E-state index is 0.307. The van der Waals surface area contributed by atoms with Gasteiger partial charge in [0.2, 0.25) is 0 Å². The van der Waals surface area contributed by atoms with Crippen LogP contribution in [0.1, 0.15) is 17.0 Å². The molecule has 2 rings (SSSR count). The third-order valence-electron chi connectivity index (χ3n) is 2.72. The second-order valence-electron chi connectivity index (χ2n) is 4.15. The monoisotopic (exact) mass is 262 g/mol. The average molecular weight is 263 g/mol. The van der Waals surface area contributed by atoms with Gasteiger partial charge < -0.3 is 4.74 Å². The summed E-state index contributed by atoms with van der Waals surface area (Å²) in [7, 11) is 1.67. The Labute approximate surface area is 112 Å². The lowest BCUT2D eigenvalue weighted by Crippen LogP contribution is -1.97. The molecule has 94 valence electrons. The van der Waals surface area contributed by atoms with Crippen molar-refractivity contribution < 1.29 is 4.74 Å². The van der Waals surface area contributed by atoms with Gasteiger partial charge in [-0.25, -0.2) is 9.97 Å². The number of aryl methyl sites for hydroxylation is 2. The fourth-order valence-corrected chi connectivity index (χ4v) is 2.16. The number of halogens is 1. The molecule has 0 N–H and O–H groups in total. The number of ether oxygens (including phenoxy) is 1. The number of hydrogen-bond acceptors (Lipinski definition) is 3. The van der Waals surface area contributed by atoms with Crippen molar-refractivity contribution in [2.75, 3.05) is 7.11 Å². The minimum absolute atomic E-state index is 0.307. The lowest BCUT2D eigenvalue weighted by molar-refractivity contribution is 0.413. The van der Waals surface area contributed by atoms with E-state index in [4.69, 9.17) is 16.3 Å². The molecule has 0 saturated heterocycles. The third-order valence-corrected chi connectivity index (χ3v) is 2.96. The van der Waals surface area contributed by atoms with Crippen molar-refractivity contribution in [3.8, 4) is 17.0 Å². The van der Waals surface area contributed by atoms with Gasteiger partial charge in [-0.15, -0.1) is 11.6 Å². The standard InChI is InChI=1S/C14H15ClN2O/c1-9-6-10(2)14(18-3)11(7-9)12-4-5-16-13(8-15)17-12/h4-7H,8H2,1-3H3. The predicted octanol–water partition coefficient (Wildman–Crippen LogP) is 3.51. The molecular formula is C14H15ClN2O. The number of nitrogens with zero attached hydrogens (tertiary/aromatic N) is 2. The van der Waals surface area contributed by atoms with Gasteiger partial charge in [-0.2, -0.15) is 0 Å². The first kappa shape index (κ1) is 12.8. The van der Waals surface area contributed by atoms with Gasteiger partial charge in [-0.1, -0.05) is 6.07 Å². The van der Waals surface area contributed by atoms with E-state index < -0.39 is 0 Å². The summed E-state index contributed by atoms with van der Waals surface area (Å²) in [6, 6.07) is 6.02. The Morgan fingerprint density at radius 1 is 1.28 bits per heavy atom. The van der Waals surface area contributed by atoms with Crippen LogP contribution in [-0.2, 0) is 5.88 Å². The second kappa shape index (κ2) is 5.36. The molecule has 0 aliphatic rings. The van der Waals surface area contributed by atoms with Crippen LogP contribution in [0.3, 0.4) is 0 Å². The fourth-order valence-electron chi connectivity index (χ4n) is 2.03. The number of rotatable bonds is 3.